The van der Waals surface area contributed by atoms with Crippen LogP contribution in [0.1, 0.15) is 10.4 Å². The van der Waals surface area contributed by atoms with Crippen LogP contribution in [-0.4, -0.2) is 28.5 Å². The van der Waals surface area contributed by atoms with Gasteiger partial charge in [0, 0.05) is 18.0 Å². The summed E-state index contributed by atoms with van der Waals surface area (Å²) in [6.45, 7) is 0.409. The molecule has 2 rings (SSSR count). The topological polar surface area (TPSA) is 63.5 Å². The quantitative estimate of drug-likeness (QED) is 0.416. The number of thiophene rings is 1. The van der Waals surface area contributed by atoms with Crippen molar-refractivity contribution in [2.45, 2.75) is 17.6 Å². The summed E-state index contributed by atoms with van der Waals surface area (Å²) in [6, 6.07) is 6.02. The van der Waals surface area contributed by atoms with Crippen LogP contribution in [0.2, 0.25) is 0 Å². The molecule has 0 aliphatic heterocycles. The van der Waals surface area contributed by atoms with Gasteiger partial charge < -0.3 is 4.90 Å². The maximum Gasteiger partial charge on any atom is 0.416 e. The SMILES string of the molecule is CN(Cc1cccs1)C(=O)CSc1ccc(C(F)(F)F)cc1[N+](=O)[O-]. The third-order valence-electron chi connectivity index (χ3n) is 3.23. The van der Waals surface area contributed by atoms with Gasteiger partial charge in [0.2, 0.25) is 5.91 Å². The molecule has 0 atom stereocenters. The van der Waals surface area contributed by atoms with E-state index in [1.54, 1.807) is 7.05 Å². The van der Waals surface area contributed by atoms with Crippen molar-refractivity contribution in [3.05, 3.63) is 56.3 Å². The number of hydrogen-bond acceptors (Lipinski definition) is 5. The molecular formula is C15H13F3N2O3S2. The second-order valence-corrected chi connectivity index (χ2v) is 7.10. The summed E-state index contributed by atoms with van der Waals surface area (Å²) in [7, 11) is 1.60. The molecule has 0 saturated carbocycles. The fraction of sp³-hybridized carbons (Fsp3) is 0.267. The Hall–Kier alpha value is -2.07. The van der Waals surface area contributed by atoms with E-state index in [-0.39, 0.29) is 16.6 Å². The van der Waals surface area contributed by atoms with Crippen LogP contribution < -0.4 is 0 Å². The van der Waals surface area contributed by atoms with Crippen LogP contribution in [0, 0.1) is 10.1 Å². The lowest BCUT2D eigenvalue weighted by atomic mass is 10.2. The molecule has 0 N–H and O–H groups in total. The summed E-state index contributed by atoms with van der Waals surface area (Å²) in [4.78, 5) is 24.7. The maximum absolute atomic E-state index is 12.7. The van der Waals surface area contributed by atoms with Gasteiger partial charge in [-0.2, -0.15) is 13.2 Å². The zero-order valence-corrected chi connectivity index (χ0v) is 14.6. The highest BCUT2D eigenvalue weighted by Crippen LogP contribution is 2.36. The highest BCUT2D eigenvalue weighted by molar-refractivity contribution is 8.00. The van der Waals surface area contributed by atoms with Gasteiger partial charge in [-0.3, -0.25) is 14.9 Å². The number of rotatable bonds is 6. The Labute approximate surface area is 149 Å². The number of hydrogen-bond donors (Lipinski definition) is 0. The van der Waals surface area contributed by atoms with Crippen molar-refractivity contribution in [1.29, 1.82) is 0 Å². The summed E-state index contributed by atoms with van der Waals surface area (Å²) in [5, 5.41) is 12.9. The van der Waals surface area contributed by atoms with Crippen molar-refractivity contribution >= 4 is 34.7 Å². The molecule has 0 radical (unpaired) electrons. The van der Waals surface area contributed by atoms with Crippen molar-refractivity contribution in [2.75, 3.05) is 12.8 Å². The van der Waals surface area contributed by atoms with E-state index in [9.17, 15) is 28.1 Å². The average Bonchev–Trinajstić information content (AvgIpc) is 3.04. The number of nitro benzene ring substituents is 1. The molecule has 1 aromatic heterocycles. The van der Waals surface area contributed by atoms with Crippen LogP contribution in [0.5, 0.6) is 0 Å². The first-order valence-corrected chi connectivity index (χ1v) is 8.80. The van der Waals surface area contributed by atoms with Crippen molar-refractivity contribution in [2.24, 2.45) is 0 Å². The normalized spacial score (nSPS) is 11.4. The molecular weight excluding hydrogens is 377 g/mol. The average molecular weight is 390 g/mol. The van der Waals surface area contributed by atoms with Gasteiger partial charge in [0.05, 0.1) is 27.7 Å². The Morgan fingerprint density at radius 2 is 2.08 bits per heavy atom. The fourth-order valence-electron chi connectivity index (χ4n) is 1.93. The number of alkyl halides is 3. The number of amides is 1. The molecule has 0 saturated heterocycles. The van der Waals surface area contributed by atoms with Gasteiger partial charge in [0.1, 0.15) is 0 Å². The molecule has 2 aromatic rings. The predicted octanol–water partition coefficient (Wildman–Crippen LogP) is 4.43. The molecule has 1 aromatic carbocycles. The lowest BCUT2D eigenvalue weighted by Crippen LogP contribution is -2.27. The first-order valence-electron chi connectivity index (χ1n) is 6.93. The minimum absolute atomic E-state index is 0.0240. The van der Waals surface area contributed by atoms with Crippen molar-refractivity contribution in [3.8, 4) is 0 Å². The zero-order chi connectivity index (χ0) is 18.6. The first kappa shape index (κ1) is 19.3. The van der Waals surface area contributed by atoms with E-state index >= 15 is 0 Å². The Bertz CT molecular complexity index is 764. The van der Waals surface area contributed by atoms with Crippen LogP contribution in [0.3, 0.4) is 0 Å². The number of carbonyl (C=O) groups excluding carboxylic acids is 1. The number of nitrogens with zero attached hydrogens (tertiary/aromatic N) is 2. The first-order chi connectivity index (χ1) is 11.7. The van der Waals surface area contributed by atoms with E-state index in [0.717, 1.165) is 28.8 Å². The van der Waals surface area contributed by atoms with Gasteiger partial charge in [-0.05, 0) is 23.6 Å². The number of thioether (sulfide) groups is 1. The monoisotopic (exact) mass is 390 g/mol. The Morgan fingerprint density at radius 3 is 2.64 bits per heavy atom. The predicted molar refractivity (Wildman–Crippen MR) is 89.6 cm³/mol. The number of carbonyl (C=O) groups is 1. The molecule has 0 fully saturated rings. The summed E-state index contributed by atoms with van der Waals surface area (Å²) < 4.78 is 38.0. The summed E-state index contributed by atoms with van der Waals surface area (Å²) in [5.74, 6) is -0.374. The van der Waals surface area contributed by atoms with Gasteiger partial charge in [0.15, 0.2) is 0 Å². The summed E-state index contributed by atoms with van der Waals surface area (Å²) in [6.07, 6.45) is -4.66. The van der Waals surface area contributed by atoms with E-state index < -0.39 is 22.4 Å². The lowest BCUT2D eigenvalue weighted by molar-refractivity contribution is -0.388. The third-order valence-corrected chi connectivity index (χ3v) is 5.14. The van der Waals surface area contributed by atoms with E-state index in [4.69, 9.17) is 0 Å². The molecule has 0 aliphatic rings. The molecule has 0 aliphatic carbocycles. The Kier molecular flexibility index (Phi) is 6.07. The second-order valence-electron chi connectivity index (χ2n) is 5.06. The minimum atomic E-state index is -4.66. The van der Waals surface area contributed by atoms with Gasteiger partial charge in [-0.25, -0.2) is 0 Å². The van der Waals surface area contributed by atoms with Crippen LogP contribution in [0.25, 0.3) is 0 Å². The van der Waals surface area contributed by atoms with Gasteiger partial charge in [-0.15, -0.1) is 23.1 Å². The molecule has 0 spiro atoms. The van der Waals surface area contributed by atoms with Crippen LogP contribution in [0.4, 0.5) is 18.9 Å². The highest BCUT2D eigenvalue weighted by atomic mass is 32.2. The van der Waals surface area contributed by atoms with E-state index in [0.29, 0.717) is 12.6 Å². The molecule has 1 heterocycles. The Balaban J connectivity index is 2.06. The number of halogens is 3. The largest absolute Gasteiger partial charge is 0.416 e. The standard InChI is InChI=1S/C15H13F3N2O3S2/c1-19(8-11-3-2-6-24-11)14(21)9-25-13-5-4-10(15(16,17)18)7-12(13)20(22)23/h2-7H,8-9H2,1H3. The second kappa shape index (κ2) is 7.87. The van der Waals surface area contributed by atoms with E-state index in [1.807, 2.05) is 17.5 Å². The Morgan fingerprint density at radius 1 is 1.36 bits per heavy atom. The molecule has 134 valence electrons. The molecule has 5 nitrogen and oxygen atoms in total. The van der Waals surface area contributed by atoms with Crippen molar-refractivity contribution < 1.29 is 22.9 Å². The molecule has 0 unspecified atom stereocenters. The lowest BCUT2D eigenvalue weighted by Gasteiger charge is -2.16. The summed E-state index contributed by atoms with van der Waals surface area (Å²) in [5.41, 5.74) is -1.75. The van der Waals surface area contributed by atoms with Crippen molar-refractivity contribution in [3.63, 3.8) is 0 Å². The molecule has 25 heavy (non-hydrogen) atoms. The number of nitro groups is 1. The smallest absolute Gasteiger partial charge is 0.340 e. The third kappa shape index (κ3) is 5.20. The number of benzene rings is 1. The van der Waals surface area contributed by atoms with E-state index in [1.165, 1.54) is 16.2 Å². The maximum atomic E-state index is 12.7. The summed E-state index contributed by atoms with van der Waals surface area (Å²) >= 11 is 2.34. The molecule has 1 amide bonds. The van der Waals surface area contributed by atoms with Crippen LogP contribution in [0.15, 0.2) is 40.6 Å². The zero-order valence-electron chi connectivity index (χ0n) is 12.9. The van der Waals surface area contributed by atoms with E-state index in [2.05, 4.69) is 0 Å². The van der Waals surface area contributed by atoms with Crippen molar-refractivity contribution in [1.82, 2.24) is 4.90 Å². The fourth-order valence-corrected chi connectivity index (χ4v) is 3.63. The van der Waals surface area contributed by atoms with Crippen LogP contribution >= 0.6 is 23.1 Å². The molecule has 0 bridgehead atoms. The highest BCUT2D eigenvalue weighted by Gasteiger charge is 2.33. The van der Waals surface area contributed by atoms with Gasteiger partial charge in [0.25, 0.3) is 5.69 Å². The van der Waals surface area contributed by atoms with Gasteiger partial charge in [-0.1, -0.05) is 6.07 Å². The van der Waals surface area contributed by atoms with Crippen LogP contribution in [-0.2, 0) is 17.5 Å². The van der Waals surface area contributed by atoms with Gasteiger partial charge >= 0.3 is 6.18 Å². The molecule has 10 heteroatoms. The minimum Gasteiger partial charge on any atom is -0.340 e.